The fourth-order valence-electron chi connectivity index (χ4n) is 3.84. The van der Waals surface area contributed by atoms with Gasteiger partial charge >= 0.3 is 0 Å². The van der Waals surface area contributed by atoms with Crippen LogP contribution in [0.4, 0.5) is 4.39 Å². The molecule has 1 atom stereocenters. The summed E-state index contributed by atoms with van der Waals surface area (Å²) in [5, 5.41) is 10.4. The molecule has 1 aliphatic rings. The molecule has 156 valence electrons. The minimum atomic E-state index is -0.355. The summed E-state index contributed by atoms with van der Waals surface area (Å²) >= 11 is 0. The lowest BCUT2D eigenvalue weighted by atomic mass is 10.1. The minimum absolute atomic E-state index is 0.145. The summed E-state index contributed by atoms with van der Waals surface area (Å²) < 4.78 is 24.5. The van der Waals surface area contributed by atoms with Crippen LogP contribution in [0.2, 0.25) is 0 Å². The summed E-state index contributed by atoms with van der Waals surface area (Å²) in [5.41, 5.74) is 0.618. The molecule has 0 N–H and O–H groups in total. The van der Waals surface area contributed by atoms with E-state index in [1.807, 2.05) is 30.3 Å². The Hall–Kier alpha value is -3.81. The molecule has 5 rings (SSSR count). The normalized spacial score (nSPS) is 16.0. The Kier molecular flexibility index (Phi) is 5.03. The largest absolute Gasteiger partial charge is 0.484 e. The summed E-state index contributed by atoms with van der Waals surface area (Å²) in [6.07, 6.45) is 3.27. The third-order valence-electron chi connectivity index (χ3n) is 5.35. The third-order valence-corrected chi connectivity index (χ3v) is 5.35. The van der Waals surface area contributed by atoms with Crippen LogP contribution in [-0.4, -0.2) is 39.1 Å². The van der Waals surface area contributed by atoms with E-state index in [4.69, 9.17) is 9.15 Å². The number of fused-ring (bicyclic) bond motifs is 1. The van der Waals surface area contributed by atoms with Crippen LogP contribution in [0.3, 0.4) is 0 Å². The molecule has 1 amide bonds. The predicted octanol–water partition coefficient (Wildman–Crippen LogP) is 4.17. The monoisotopic (exact) mass is 418 g/mol. The maximum absolute atomic E-state index is 13.0. The van der Waals surface area contributed by atoms with E-state index in [1.54, 1.807) is 11.1 Å². The number of halogens is 1. The second-order valence-corrected chi connectivity index (χ2v) is 7.31. The van der Waals surface area contributed by atoms with Gasteiger partial charge in [0.05, 0.1) is 0 Å². The summed E-state index contributed by atoms with van der Waals surface area (Å²) in [6.45, 7) is 0.439. The Labute approximate surface area is 177 Å². The highest BCUT2D eigenvalue weighted by Gasteiger charge is 2.34. The third kappa shape index (κ3) is 3.84. The zero-order chi connectivity index (χ0) is 21.2. The average Bonchev–Trinajstić information content (AvgIpc) is 3.48. The lowest BCUT2D eigenvalue weighted by Crippen LogP contribution is -2.34. The van der Waals surface area contributed by atoms with Crippen molar-refractivity contribution in [1.82, 2.24) is 20.1 Å². The van der Waals surface area contributed by atoms with Gasteiger partial charge in [-0.25, -0.2) is 4.39 Å². The van der Waals surface area contributed by atoms with Crippen molar-refractivity contribution < 1.29 is 18.3 Å². The summed E-state index contributed by atoms with van der Waals surface area (Å²) in [5.74, 6) is 0.611. The Morgan fingerprint density at radius 2 is 1.97 bits per heavy atom. The van der Waals surface area contributed by atoms with Crippen molar-refractivity contribution in [3.05, 3.63) is 72.5 Å². The summed E-state index contributed by atoms with van der Waals surface area (Å²) in [6, 6.07) is 15.0. The molecule has 0 radical (unpaired) electrons. The molecule has 31 heavy (non-hydrogen) atoms. The number of nitrogens with zero attached hydrogens (tertiary/aromatic N) is 4. The number of carbonyl (C=O) groups excluding carboxylic acids is 1. The van der Waals surface area contributed by atoms with Crippen LogP contribution in [0, 0.1) is 5.82 Å². The van der Waals surface area contributed by atoms with Crippen LogP contribution in [0.15, 0.2) is 65.2 Å². The molecule has 0 saturated carbocycles. The van der Waals surface area contributed by atoms with Gasteiger partial charge in [0.15, 0.2) is 6.61 Å². The topological polar surface area (TPSA) is 81.4 Å². The highest BCUT2D eigenvalue weighted by Crippen LogP contribution is 2.33. The number of carbonyl (C=O) groups is 1. The number of rotatable bonds is 5. The molecule has 0 aliphatic carbocycles. The maximum atomic E-state index is 13.0. The number of pyridine rings is 1. The van der Waals surface area contributed by atoms with Crippen LogP contribution in [0.25, 0.3) is 22.4 Å². The maximum Gasteiger partial charge on any atom is 0.267 e. The number of hydrogen-bond donors (Lipinski definition) is 0. The van der Waals surface area contributed by atoms with Gasteiger partial charge in [0.1, 0.15) is 23.3 Å². The lowest BCUT2D eigenvalue weighted by molar-refractivity contribution is -0.134. The van der Waals surface area contributed by atoms with Crippen LogP contribution in [0.5, 0.6) is 5.75 Å². The van der Waals surface area contributed by atoms with Crippen molar-refractivity contribution in [2.45, 2.75) is 18.9 Å². The molecule has 4 aromatic rings. The predicted molar refractivity (Wildman–Crippen MR) is 111 cm³/mol. The molecule has 7 nitrogen and oxygen atoms in total. The number of aromatic nitrogens is 3. The van der Waals surface area contributed by atoms with Gasteiger partial charge < -0.3 is 14.1 Å². The molecule has 0 bridgehead atoms. The van der Waals surface area contributed by atoms with Crippen molar-refractivity contribution in [3.8, 4) is 17.3 Å². The number of ether oxygens (including phenoxy) is 1. The SMILES string of the molecule is O=C(COc1ccc(F)cc1)N1CCCC1c1nnc(-c2nccc3ccccc23)o1. The molecule has 3 heterocycles. The molecule has 2 aromatic heterocycles. The second kappa shape index (κ2) is 8.14. The van der Waals surface area contributed by atoms with Gasteiger partial charge in [-0.1, -0.05) is 24.3 Å². The standard InChI is InChI=1S/C23H19FN4O3/c24-16-7-9-17(10-8-16)30-14-20(29)28-13-3-6-19(28)22-26-27-23(31-22)21-18-5-2-1-4-15(18)11-12-25-21/h1-2,4-5,7-12,19H,3,6,13-14H2. The first kappa shape index (κ1) is 19.2. The van der Waals surface area contributed by atoms with Crippen molar-refractivity contribution in [3.63, 3.8) is 0 Å². The molecule has 1 aliphatic heterocycles. The van der Waals surface area contributed by atoms with Gasteiger partial charge in [0.25, 0.3) is 11.8 Å². The fraction of sp³-hybridized carbons (Fsp3) is 0.217. The first-order valence-electron chi connectivity index (χ1n) is 10.0. The Balaban J connectivity index is 1.33. The Morgan fingerprint density at radius 3 is 2.84 bits per heavy atom. The van der Waals surface area contributed by atoms with E-state index in [0.717, 1.165) is 23.6 Å². The molecule has 8 heteroatoms. The molecular formula is C23H19FN4O3. The van der Waals surface area contributed by atoms with Crippen LogP contribution >= 0.6 is 0 Å². The molecular weight excluding hydrogens is 399 g/mol. The highest BCUT2D eigenvalue weighted by molar-refractivity contribution is 5.92. The van der Waals surface area contributed by atoms with Gasteiger partial charge in [0.2, 0.25) is 5.89 Å². The summed E-state index contributed by atoms with van der Waals surface area (Å²) in [4.78, 5) is 18.9. The minimum Gasteiger partial charge on any atom is -0.484 e. The number of benzene rings is 2. The van der Waals surface area contributed by atoms with Gasteiger partial charge in [-0.2, -0.15) is 0 Å². The van der Waals surface area contributed by atoms with Crippen molar-refractivity contribution in [2.75, 3.05) is 13.2 Å². The lowest BCUT2D eigenvalue weighted by Gasteiger charge is -2.22. The van der Waals surface area contributed by atoms with Gasteiger partial charge in [0, 0.05) is 18.1 Å². The van der Waals surface area contributed by atoms with E-state index in [9.17, 15) is 9.18 Å². The van der Waals surface area contributed by atoms with E-state index >= 15 is 0 Å². The highest BCUT2D eigenvalue weighted by atomic mass is 19.1. The zero-order valence-electron chi connectivity index (χ0n) is 16.6. The quantitative estimate of drug-likeness (QED) is 0.484. The average molecular weight is 418 g/mol. The second-order valence-electron chi connectivity index (χ2n) is 7.31. The van der Waals surface area contributed by atoms with E-state index in [-0.39, 0.29) is 24.4 Å². The van der Waals surface area contributed by atoms with Gasteiger partial charge in [-0.05, 0) is 48.6 Å². The van der Waals surface area contributed by atoms with Gasteiger partial charge in [-0.3, -0.25) is 9.78 Å². The molecule has 2 aromatic carbocycles. The molecule has 1 unspecified atom stereocenters. The fourth-order valence-corrected chi connectivity index (χ4v) is 3.84. The van der Waals surface area contributed by atoms with Crippen LogP contribution in [0.1, 0.15) is 24.8 Å². The first-order chi connectivity index (χ1) is 15.2. The Bertz CT molecular complexity index is 1220. The molecule has 1 fully saturated rings. The first-order valence-corrected chi connectivity index (χ1v) is 10.0. The van der Waals surface area contributed by atoms with Crippen LogP contribution in [-0.2, 0) is 4.79 Å². The van der Waals surface area contributed by atoms with Crippen molar-refractivity contribution >= 4 is 16.7 Å². The van der Waals surface area contributed by atoms with Gasteiger partial charge in [-0.15, -0.1) is 10.2 Å². The number of likely N-dealkylation sites (tertiary alicyclic amines) is 1. The Morgan fingerprint density at radius 1 is 1.13 bits per heavy atom. The molecule has 1 saturated heterocycles. The van der Waals surface area contributed by atoms with E-state index < -0.39 is 0 Å². The van der Waals surface area contributed by atoms with Crippen molar-refractivity contribution in [1.29, 1.82) is 0 Å². The van der Waals surface area contributed by atoms with Crippen LogP contribution < -0.4 is 4.74 Å². The molecule has 0 spiro atoms. The number of hydrogen-bond acceptors (Lipinski definition) is 6. The van der Waals surface area contributed by atoms with E-state index in [1.165, 1.54) is 24.3 Å². The number of amides is 1. The summed E-state index contributed by atoms with van der Waals surface area (Å²) in [7, 11) is 0. The van der Waals surface area contributed by atoms with Crippen molar-refractivity contribution in [2.24, 2.45) is 0 Å². The smallest absolute Gasteiger partial charge is 0.267 e. The zero-order valence-corrected chi connectivity index (χ0v) is 16.6. The van der Waals surface area contributed by atoms with E-state index in [2.05, 4.69) is 15.2 Å². The van der Waals surface area contributed by atoms with E-state index in [0.29, 0.717) is 29.8 Å².